The van der Waals surface area contributed by atoms with Crippen molar-refractivity contribution in [3.05, 3.63) is 45.6 Å². The Bertz CT molecular complexity index is 800. The highest BCUT2D eigenvalue weighted by Crippen LogP contribution is 2.30. The smallest absolute Gasteiger partial charge is 0.185 e. The van der Waals surface area contributed by atoms with Gasteiger partial charge in [0.1, 0.15) is 0 Å². The van der Waals surface area contributed by atoms with Crippen molar-refractivity contribution in [1.29, 1.82) is 0 Å². The van der Waals surface area contributed by atoms with E-state index in [0.29, 0.717) is 41.6 Å². The first-order valence-corrected chi connectivity index (χ1v) is 12.4. The molecule has 0 bridgehead atoms. The number of aliphatic hydroxyl groups is 1. The van der Waals surface area contributed by atoms with E-state index in [1.165, 1.54) is 30.4 Å². The third-order valence-electron chi connectivity index (χ3n) is 6.78. The number of Topliss-reactive ketones (excluding diaryl/α,β-unsaturated/α-hetero) is 2. The van der Waals surface area contributed by atoms with Crippen LogP contribution in [0.5, 0.6) is 0 Å². The molecule has 0 amide bonds. The minimum Gasteiger partial charge on any atom is -0.390 e. The first kappa shape index (κ1) is 28.3. The van der Waals surface area contributed by atoms with E-state index in [4.69, 9.17) is 0 Å². The Balaban J connectivity index is 2.47. The van der Waals surface area contributed by atoms with Gasteiger partial charge in [-0.1, -0.05) is 43.6 Å². The first-order chi connectivity index (χ1) is 14.9. The SMILES string of the molecule is CC1=C(C)C(=O)C(CCC(C)(O)CC/C=C(\C)CC/C=C(\C)CCCC(C)C)=C(C)C1=O. The molecular formula is C29H46O3. The molecule has 1 unspecified atom stereocenters. The molecule has 0 heterocycles. The minimum absolute atomic E-state index is 0.0421. The second kappa shape index (κ2) is 13.1. The zero-order valence-corrected chi connectivity index (χ0v) is 21.9. The third kappa shape index (κ3) is 9.40. The highest BCUT2D eigenvalue weighted by atomic mass is 16.3. The Kier molecular flexibility index (Phi) is 11.6. The van der Waals surface area contributed by atoms with Gasteiger partial charge in [0.2, 0.25) is 0 Å². The summed E-state index contributed by atoms with van der Waals surface area (Å²) < 4.78 is 0. The molecule has 0 fully saturated rings. The lowest BCUT2D eigenvalue weighted by atomic mass is 9.82. The standard InChI is InChI=1S/C29H46O3/c1-20(2)12-9-13-21(3)14-10-15-22(4)16-11-18-29(8,32)19-17-26-25(7)27(30)23(5)24(6)28(26)31/h14,16,20,32H,9-13,15,17-19H2,1-8H3/b21-14+,22-16+. The van der Waals surface area contributed by atoms with Crippen LogP contribution in [0.4, 0.5) is 0 Å². The predicted octanol–water partition coefficient (Wildman–Crippen LogP) is 7.60. The van der Waals surface area contributed by atoms with Crippen molar-refractivity contribution in [2.24, 2.45) is 5.92 Å². The summed E-state index contributed by atoms with van der Waals surface area (Å²) in [5.41, 5.74) is 4.18. The molecule has 0 aliphatic heterocycles. The van der Waals surface area contributed by atoms with Crippen LogP contribution in [0.15, 0.2) is 45.6 Å². The van der Waals surface area contributed by atoms with Crippen LogP contribution < -0.4 is 0 Å². The summed E-state index contributed by atoms with van der Waals surface area (Å²) >= 11 is 0. The van der Waals surface area contributed by atoms with Crippen molar-refractivity contribution in [2.75, 3.05) is 0 Å². The number of carbonyl (C=O) groups is 2. The molecule has 0 aromatic carbocycles. The molecule has 1 N–H and O–H groups in total. The second-order valence-corrected chi connectivity index (χ2v) is 10.5. The van der Waals surface area contributed by atoms with Gasteiger partial charge in [-0.05, 0) is 98.8 Å². The molecule has 1 rings (SSSR count). The van der Waals surface area contributed by atoms with E-state index < -0.39 is 5.60 Å². The number of ketones is 2. The van der Waals surface area contributed by atoms with Crippen LogP contribution in [0.25, 0.3) is 0 Å². The van der Waals surface area contributed by atoms with Crippen LogP contribution in [0.3, 0.4) is 0 Å². The van der Waals surface area contributed by atoms with Gasteiger partial charge in [0.25, 0.3) is 0 Å². The zero-order chi connectivity index (χ0) is 24.5. The van der Waals surface area contributed by atoms with Crippen LogP contribution in [0.1, 0.15) is 113 Å². The van der Waals surface area contributed by atoms with E-state index in [2.05, 4.69) is 39.8 Å². The fourth-order valence-electron chi connectivity index (χ4n) is 4.14. The number of rotatable bonds is 13. The molecule has 0 spiro atoms. The van der Waals surface area contributed by atoms with E-state index in [0.717, 1.165) is 25.2 Å². The molecule has 1 atom stereocenters. The summed E-state index contributed by atoms with van der Waals surface area (Å²) in [7, 11) is 0. The summed E-state index contributed by atoms with van der Waals surface area (Å²) in [6, 6.07) is 0. The monoisotopic (exact) mass is 442 g/mol. The highest BCUT2D eigenvalue weighted by Gasteiger charge is 2.29. The van der Waals surface area contributed by atoms with Gasteiger partial charge in [-0.3, -0.25) is 9.59 Å². The maximum Gasteiger partial charge on any atom is 0.185 e. The predicted molar refractivity (Wildman–Crippen MR) is 136 cm³/mol. The largest absolute Gasteiger partial charge is 0.390 e. The summed E-state index contributed by atoms with van der Waals surface area (Å²) in [6.45, 7) is 15.9. The minimum atomic E-state index is -0.857. The van der Waals surface area contributed by atoms with E-state index in [1.54, 1.807) is 20.8 Å². The lowest BCUT2D eigenvalue weighted by molar-refractivity contribution is -0.116. The first-order valence-electron chi connectivity index (χ1n) is 12.4. The van der Waals surface area contributed by atoms with Crippen molar-refractivity contribution in [2.45, 2.75) is 119 Å². The van der Waals surface area contributed by atoms with Crippen LogP contribution in [-0.4, -0.2) is 22.3 Å². The van der Waals surface area contributed by atoms with Gasteiger partial charge in [-0.25, -0.2) is 0 Å². The van der Waals surface area contributed by atoms with Gasteiger partial charge in [0, 0.05) is 22.3 Å². The fraction of sp³-hybridized carbons (Fsp3) is 0.655. The number of carbonyl (C=O) groups excluding carboxylic acids is 2. The zero-order valence-electron chi connectivity index (χ0n) is 21.9. The maximum atomic E-state index is 12.6. The third-order valence-corrected chi connectivity index (χ3v) is 6.78. The van der Waals surface area contributed by atoms with Gasteiger partial charge in [0.05, 0.1) is 5.60 Å². The van der Waals surface area contributed by atoms with Crippen molar-refractivity contribution in [3.8, 4) is 0 Å². The Morgan fingerprint density at radius 1 is 0.875 bits per heavy atom. The molecule has 32 heavy (non-hydrogen) atoms. The number of allylic oxidation sites excluding steroid dienone is 8. The molecule has 0 saturated heterocycles. The van der Waals surface area contributed by atoms with Crippen LogP contribution in [-0.2, 0) is 9.59 Å². The van der Waals surface area contributed by atoms with E-state index in [1.807, 2.05) is 6.92 Å². The van der Waals surface area contributed by atoms with Crippen LogP contribution >= 0.6 is 0 Å². The van der Waals surface area contributed by atoms with Gasteiger partial charge in [0.15, 0.2) is 11.6 Å². The average Bonchev–Trinajstić information content (AvgIpc) is 2.70. The van der Waals surface area contributed by atoms with E-state index >= 15 is 0 Å². The van der Waals surface area contributed by atoms with E-state index in [-0.39, 0.29) is 11.6 Å². The van der Waals surface area contributed by atoms with Gasteiger partial charge in [-0.2, -0.15) is 0 Å². The molecule has 3 heteroatoms. The molecule has 1 aliphatic carbocycles. The number of hydrogen-bond donors (Lipinski definition) is 1. The average molecular weight is 443 g/mol. The lowest BCUT2D eigenvalue weighted by Crippen LogP contribution is -2.26. The van der Waals surface area contributed by atoms with Crippen LogP contribution in [0.2, 0.25) is 0 Å². The molecule has 0 saturated carbocycles. The Hall–Kier alpha value is -1.74. The van der Waals surface area contributed by atoms with Gasteiger partial charge < -0.3 is 5.11 Å². The Labute approximate surface area is 196 Å². The Morgan fingerprint density at radius 2 is 1.44 bits per heavy atom. The van der Waals surface area contributed by atoms with Gasteiger partial charge in [-0.15, -0.1) is 0 Å². The molecule has 3 nitrogen and oxygen atoms in total. The highest BCUT2D eigenvalue weighted by molar-refractivity contribution is 6.24. The normalized spacial score (nSPS) is 18.2. The van der Waals surface area contributed by atoms with E-state index in [9.17, 15) is 14.7 Å². The van der Waals surface area contributed by atoms with Crippen molar-refractivity contribution in [1.82, 2.24) is 0 Å². The maximum absolute atomic E-state index is 12.6. The molecule has 0 aromatic rings. The molecule has 0 aromatic heterocycles. The van der Waals surface area contributed by atoms with Crippen molar-refractivity contribution >= 4 is 11.6 Å². The molecule has 0 radical (unpaired) electrons. The molecular weight excluding hydrogens is 396 g/mol. The van der Waals surface area contributed by atoms with Crippen molar-refractivity contribution in [3.63, 3.8) is 0 Å². The van der Waals surface area contributed by atoms with Crippen LogP contribution in [0, 0.1) is 5.92 Å². The Morgan fingerprint density at radius 3 is 2.06 bits per heavy atom. The number of hydrogen-bond acceptors (Lipinski definition) is 3. The second-order valence-electron chi connectivity index (χ2n) is 10.5. The quantitative estimate of drug-likeness (QED) is 0.236. The molecule has 180 valence electrons. The fourth-order valence-corrected chi connectivity index (χ4v) is 4.14. The summed E-state index contributed by atoms with van der Waals surface area (Å²) in [5.74, 6) is 0.694. The summed E-state index contributed by atoms with van der Waals surface area (Å²) in [5, 5.41) is 10.8. The summed E-state index contributed by atoms with van der Waals surface area (Å²) in [6.07, 6.45) is 12.9. The van der Waals surface area contributed by atoms with Crippen molar-refractivity contribution < 1.29 is 14.7 Å². The topological polar surface area (TPSA) is 54.4 Å². The lowest BCUT2D eigenvalue weighted by Gasteiger charge is -2.25. The summed E-state index contributed by atoms with van der Waals surface area (Å²) in [4.78, 5) is 24.9. The van der Waals surface area contributed by atoms with Gasteiger partial charge >= 0.3 is 0 Å². The molecule has 1 aliphatic rings.